The number of nitrogens with one attached hydrogen (secondary N) is 2. The maximum atomic E-state index is 12.2. The van der Waals surface area contributed by atoms with E-state index >= 15 is 0 Å². The summed E-state index contributed by atoms with van der Waals surface area (Å²) in [5, 5.41) is 2.71. The third-order valence-electron chi connectivity index (χ3n) is 3.15. The lowest BCUT2D eigenvalue weighted by Gasteiger charge is -2.20. The first-order valence-corrected chi connectivity index (χ1v) is 6.86. The lowest BCUT2D eigenvalue weighted by Crippen LogP contribution is -2.42. The highest BCUT2D eigenvalue weighted by molar-refractivity contribution is 5.95. The number of anilines is 1. The first-order valence-electron chi connectivity index (χ1n) is 6.86. The van der Waals surface area contributed by atoms with Crippen LogP contribution in [0.2, 0.25) is 0 Å². The van der Waals surface area contributed by atoms with Crippen molar-refractivity contribution in [2.24, 2.45) is 17.0 Å². The summed E-state index contributed by atoms with van der Waals surface area (Å²) in [4.78, 5) is 27.7. The molecule has 1 rings (SSSR count). The van der Waals surface area contributed by atoms with Gasteiger partial charge < -0.3 is 16.5 Å². The Morgan fingerprint density at radius 3 is 2.52 bits per heavy atom. The van der Waals surface area contributed by atoms with Crippen molar-refractivity contribution in [1.82, 2.24) is 10.3 Å². The molecule has 2 amide bonds. The smallest absolute Gasteiger partial charge is 0.251 e. The number of aryl methyl sites for hydroxylation is 1. The van der Waals surface area contributed by atoms with E-state index in [2.05, 4.69) is 15.7 Å². The number of amides is 2. The zero-order valence-electron chi connectivity index (χ0n) is 12.7. The van der Waals surface area contributed by atoms with E-state index in [1.807, 2.05) is 6.92 Å². The normalized spacial score (nSPS) is 11.0. The fraction of sp³-hybridized carbons (Fsp3) is 0.500. The van der Waals surface area contributed by atoms with Crippen molar-refractivity contribution in [3.05, 3.63) is 23.4 Å². The van der Waals surface area contributed by atoms with Gasteiger partial charge in [0.2, 0.25) is 5.91 Å². The number of carbonyl (C=O) groups excluding carboxylic acids is 2. The lowest BCUT2D eigenvalue weighted by molar-refractivity contribution is -0.125. The Morgan fingerprint density at radius 1 is 1.33 bits per heavy atom. The number of hydrogen-bond donors (Lipinski definition) is 4. The monoisotopic (exact) mass is 293 g/mol. The molecule has 0 saturated carbocycles. The molecule has 7 nitrogen and oxygen atoms in total. The minimum Gasteiger partial charge on any atom is -0.369 e. The molecule has 0 saturated heterocycles. The van der Waals surface area contributed by atoms with Gasteiger partial charge in [-0.15, -0.1) is 0 Å². The Labute approximate surface area is 124 Å². The highest BCUT2D eigenvalue weighted by Crippen LogP contribution is 2.14. The Bertz CT molecular complexity index is 528. The highest BCUT2D eigenvalue weighted by Gasteiger charge is 2.25. The number of aromatic nitrogens is 1. The van der Waals surface area contributed by atoms with Crippen LogP contribution in [0.5, 0.6) is 0 Å². The molecule has 0 spiro atoms. The van der Waals surface area contributed by atoms with Crippen LogP contribution in [-0.4, -0.2) is 23.3 Å². The molecule has 0 aliphatic rings. The summed E-state index contributed by atoms with van der Waals surface area (Å²) < 4.78 is 0. The summed E-state index contributed by atoms with van der Waals surface area (Å²) in [6.07, 6.45) is 1.67. The van der Waals surface area contributed by atoms with Crippen molar-refractivity contribution in [3.8, 4) is 0 Å². The molecule has 1 aromatic heterocycles. The number of nitrogens with zero attached hydrogens (tertiary/aromatic N) is 1. The Morgan fingerprint density at radius 2 is 2.00 bits per heavy atom. The number of rotatable bonds is 7. The Kier molecular flexibility index (Phi) is 5.66. The van der Waals surface area contributed by atoms with Crippen molar-refractivity contribution in [1.29, 1.82) is 0 Å². The van der Waals surface area contributed by atoms with Crippen LogP contribution in [0.3, 0.4) is 0 Å². The summed E-state index contributed by atoms with van der Waals surface area (Å²) in [5.41, 5.74) is 8.15. The third-order valence-corrected chi connectivity index (χ3v) is 3.15. The fourth-order valence-corrected chi connectivity index (χ4v) is 1.67. The van der Waals surface area contributed by atoms with E-state index in [1.54, 1.807) is 26.0 Å². The molecule has 7 heteroatoms. The van der Waals surface area contributed by atoms with Crippen LogP contribution in [0.25, 0.3) is 0 Å². The van der Waals surface area contributed by atoms with Gasteiger partial charge in [0, 0.05) is 17.8 Å². The van der Waals surface area contributed by atoms with E-state index in [-0.39, 0.29) is 12.5 Å². The molecule has 0 atom stereocenters. The fourth-order valence-electron chi connectivity index (χ4n) is 1.67. The molecule has 0 aromatic carbocycles. The molecule has 0 unspecified atom stereocenters. The van der Waals surface area contributed by atoms with E-state index in [0.717, 1.165) is 18.5 Å². The second-order valence-corrected chi connectivity index (χ2v) is 5.56. The van der Waals surface area contributed by atoms with Gasteiger partial charge in [0.25, 0.3) is 5.91 Å². The molecule has 1 heterocycles. The van der Waals surface area contributed by atoms with Crippen LogP contribution in [0, 0.1) is 5.41 Å². The van der Waals surface area contributed by atoms with Crippen LogP contribution >= 0.6 is 0 Å². The molecular formula is C14H23N5O2. The van der Waals surface area contributed by atoms with E-state index in [9.17, 15) is 9.59 Å². The largest absolute Gasteiger partial charge is 0.369 e. The number of nitrogens with two attached hydrogens (primary N) is 2. The highest BCUT2D eigenvalue weighted by atomic mass is 16.2. The predicted molar refractivity (Wildman–Crippen MR) is 81.4 cm³/mol. The quantitative estimate of drug-likeness (QED) is 0.432. The van der Waals surface area contributed by atoms with Gasteiger partial charge in [0.15, 0.2) is 0 Å². The minimum atomic E-state index is -0.802. The summed E-state index contributed by atoms with van der Waals surface area (Å²) in [5.74, 6) is 5.04. The van der Waals surface area contributed by atoms with Gasteiger partial charge in [0.1, 0.15) is 5.82 Å². The molecule has 1 aromatic rings. The van der Waals surface area contributed by atoms with Gasteiger partial charge in [-0.2, -0.15) is 0 Å². The van der Waals surface area contributed by atoms with E-state index in [0.29, 0.717) is 11.4 Å². The molecular weight excluding hydrogens is 270 g/mol. The van der Waals surface area contributed by atoms with Crippen molar-refractivity contribution in [2.45, 2.75) is 33.6 Å². The van der Waals surface area contributed by atoms with Gasteiger partial charge in [-0.1, -0.05) is 13.3 Å². The number of pyridine rings is 1. The maximum Gasteiger partial charge on any atom is 0.251 e. The number of carbonyl (C=O) groups is 2. The van der Waals surface area contributed by atoms with Crippen LogP contribution in [0.1, 0.15) is 43.2 Å². The Hall–Kier alpha value is -2.15. The first-order chi connectivity index (χ1) is 9.80. The van der Waals surface area contributed by atoms with Crippen LogP contribution in [0.15, 0.2) is 12.1 Å². The van der Waals surface area contributed by atoms with Gasteiger partial charge in [-0.3, -0.25) is 9.59 Å². The van der Waals surface area contributed by atoms with Gasteiger partial charge in [0.05, 0.1) is 5.41 Å². The molecule has 0 fully saturated rings. The first kappa shape index (κ1) is 16.9. The second-order valence-electron chi connectivity index (χ2n) is 5.56. The molecule has 0 radical (unpaired) electrons. The molecule has 21 heavy (non-hydrogen) atoms. The minimum absolute atomic E-state index is 0.165. The SMILES string of the molecule is CCCc1cc(C(=O)NCC(C)(C)C(N)=O)cc(NN)n1. The predicted octanol–water partition coefficient (Wildman–Crippen LogP) is 0.561. The lowest BCUT2D eigenvalue weighted by atomic mass is 9.92. The summed E-state index contributed by atoms with van der Waals surface area (Å²) >= 11 is 0. The van der Waals surface area contributed by atoms with Gasteiger partial charge >= 0.3 is 0 Å². The zero-order valence-corrected chi connectivity index (χ0v) is 12.7. The average molecular weight is 293 g/mol. The molecule has 6 N–H and O–H groups in total. The van der Waals surface area contributed by atoms with Crippen LogP contribution in [-0.2, 0) is 11.2 Å². The molecule has 116 valence electrons. The summed E-state index contributed by atoms with van der Waals surface area (Å²) in [6.45, 7) is 5.55. The number of nitrogen functional groups attached to an aromatic ring is 1. The van der Waals surface area contributed by atoms with Crippen molar-refractivity contribution in [3.63, 3.8) is 0 Å². The van der Waals surface area contributed by atoms with Gasteiger partial charge in [-0.25, -0.2) is 10.8 Å². The van der Waals surface area contributed by atoms with Crippen molar-refractivity contribution >= 4 is 17.6 Å². The second kappa shape index (κ2) is 7.03. The van der Waals surface area contributed by atoms with E-state index in [1.165, 1.54) is 0 Å². The third kappa shape index (κ3) is 4.71. The number of hydrogen-bond acceptors (Lipinski definition) is 5. The van der Waals surface area contributed by atoms with E-state index < -0.39 is 11.3 Å². The number of hydrazine groups is 1. The molecule has 0 bridgehead atoms. The summed E-state index contributed by atoms with van der Waals surface area (Å²) in [7, 11) is 0. The Balaban J connectivity index is 2.86. The topological polar surface area (TPSA) is 123 Å². The standard InChI is InChI=1S/C14H23N5O2/c1-4-5-10-6-9(7-11(18-10)19-16)12(20)17-8-14(2,3)13(15)21/h6-7H,4-5,8,16H2,1-3H3,(H2,15,21)(H,17,20)(H,18,19). The number of primary amides is 1. The van der Waals surface area contributed by atoms with E-state index in [4.69, 9.17) is 11.6 Å². The molecule has 0 aliphatic carbocycles. The van der Waals surface area contributed by atoms with Crippen LogP contribution < -0.4 is 22.3 Å². The zero-order chi connectivity index (χ0) is 16.0. The van der Waals surface area contributed by atoms with Crippen molar-refractivity contribution < 1.29 is 9.59 Å². The van der Waals surface area contributed by atoms with Gasteiger partial charge in [-0.05, 0) is 32.4 Å². The summed E-state index contributed by atoms with van der Waals surface area (Å²) in [6, 6.07) is 3.28. The maximum absolute atomic E-state index is 12.2. The average Bonchev–Trinajstić information content (AvgIpc) is 2.44. The van der Waals surface area contributed by atoms with Crippen molar-refractivity contribution in [2.75, 3.05) is 12.0 Å². The molecule has 0 aliphatic heterocycles. The van der Waals surface area contributed by atoms with Crippen LogP contribution in [0.4, 0.5) is 5.82 Å².